The van der Waals surface area contributed by atoms with Gasteiger partial charge in [0, 0.05) is 17.1 Å². The summed E-state index contributed by atoms with van der Waals surface area (Å²) in [6.45, 7) is 0.312. The van der Waals surface area contributed by atoms with Crippen molar-refractivity contribution in [1.82, 2.24) is 19.9 Å². The standard InChI is InChI=1S/C11H10Br2N4O/c1-16(7-18)6-17-14-10(11(13)15-17)8-4-2-3-5-9(8)12/h2-5,7H,6H2,1H3. The van der Waals surface area contributed by atoms with E-state index in [1.807, 2.05) is 24.3 Å². The topological polar surface area (TPSA) is 51.0 Å². The van der Waals surface area contributed by atoms with Gasteiger partial charge in [0.2, 0.25) is 6.41 Å². The van der Waals surface area contributed by atoms with Crippen LogP contribution < -0.4 is 0 Å². The molecule has 0 N–H and O–H groups in total. The summed E-state index contributed by atoms with van der Waals surface area (Å²) in [4.78, 5) is 13.5. The fourth-order valence-corrected chi connectivity index (χ4v) is 2.39. The molecule has 0 spiro atoms. The normalized spacial score (nSPS) is 10.4. The first kappa shape index (κ1) is 13.2. The molecule has 1 aromatic heterocycles. The number of carbonyl (C=O) groups is 1. The molecule has 5 nitrogen and oxygen atoms in total. The van der Waals surface area contributed by atoms with Crippen LogP contribution in [0.25, 0.3) is 11.3 Å². The van der Waals surface area contributed by atoms with E-state index in [1.165, 1.54) is 9.70 Å². The van der Waals surface area contributed by atoms with Gasteiger partial charge < -0.3 is 4.90 Å². The average Bonchev–Trinajstić information content (AvgIpc) is 2.70. The fraction of sp³-hybridized carbons (Fsp3) is 0.182. The van der Waals surface area contributed by atoms with Crippen molar-refractivity contribution in [3.63, 3.8) is 0 Å². The minimum atomic E-state index is 0.312. The van der Waals surface area contributed by atoms with E-state index in [9.17, 15) is 4.79 Å². The van der Waals surface area contributed by atoms with E-state index in [4.69, 9.17) is 0 Å². The SMILES string of the molecule is CN(C=O)Cn1nc(Br)c(-c2ccccc2Br)n1. The Morgan fingerprint density at radius 1 is 1.33 bits per heavy atom. The first-order chi connectivity index (χ1) is 8.61. The van der Waals surface area contributed by atoms with E-state index in [0.717, 1.165) is 22.1 Å². The largest absolute Gasteiger partial charge is 0.327 e. The van der Waals surface area contributed by atoms with Crippen LogP contribution in [-0.2, 0) is 11.5 Å². The van der Waals surface area contributed by atoms with E-state index >= 15 is 0 Å². The van der Waals surface area contributed by atoms with Crippen molar-refractivity contribution in [2.45, 2.75) is 6.67 Å². The molecule has 0 aliphatic carbocycles. The molecule has 1 heterocycles. The summed E-state index contributed by atoms with van der Waals surface area (Å²) in [7, 11) is 1.67. The maximum Gasteiger partial charge on any atom is 0.210 e. The number of rotatable bonds is 4. The highest BCUT2D eigenvalue weighted by atomic mass is 79.9. The number of carbonyl (C=O) groups excluding carboxylic acids is 1. The number of amides is 1. The lowest BCUT2D eigenvalue weighted by Gasteiger charge is -2.08. The molecular weight excluding hydrogens is 364 g/mol. The third-order valence-electron chi connectivity index (χ3n) is 2.27. The Hall–Kier alpha value is -1.21. The van der Waals surface area contributed by atoms with Crippen molar-refractivity contribution in [3.8, 4) is 11.3 Å². The summed E-state index contributed by atoms with van der Waals surface area (Å²) in [6.07, 6.45) is 0.732. The lowest BCUT2D eigenvalue weighted by Crippen LogP contribution is -2.21. The quantitative estimate of drug-likeness (QED) is 0.773. The molecule has 94 valence electrons. The number of hydrogen-bond donors (Lipinski definition) is 0. The molecule has 0 saturated carbocycles. The van der Waals surface area contributed by atoms with Crippen molar-refractivity contribution >= 4 is 38.3 Å². The molecule has 2 rings (SSSR count). The average molecular weight is 374 g/mol. The third kappa shape index (κ3) is 2.78. The van der Waals surface area contributed by atoms with Gasteiger partial charge in [0.25, 0.3) is 0 Å². The van der Waals surface area contributed by atoms with Crippen LogP contribution in [0.3, 0.4) is 0 Å². The first-order valence-electron chi connectivity index (χ1n) is 5.13. The van der Waals surface area contributed by atoms with Crippen LogP contribution in [0.1, 0.15) is 0 Å². The smallest absolute Gasteiger partial charge is 0.210 e. The highest BCUT2D eigenvalue weighted by Gasteiger charge is 2.13. The maximum absolute atomic E-state index is 10.6. The molecular formula is C11H10Br2N4O. The second-order valence-corrected chi connectivity index (χ2v) is 5.30. The van der Waals surface area contributed by atoms with Gasteiger partial charge in [-0.1, -0.05) is 34.1 Å². The van der Waals surface area contributed by atoms with Crippen LogP contribution in [-0.4, -0.2) is 33.4 Å². The third-order valence-corrected chi connectivity index (χ3v) is 3.50. The van der Waals surface area contributed by atoms with Gasteiger partial charge in [-0.15, -0.1) is 5.10 Å². The maximum atomic E-state index is 10.6. The van der Waals surface area contributed by atoms with Gasteiger partial charge in [-0.2, -0.15) is 9.90 Å². The van der Waals surface area contributed by atoms with Crippen LogP contribution in [0, 0.1) is 0 Å². The zero-order valence-electron chi connectivity index (χ0n) is 9.55. The van der Waals surface area contributed by atoms with Gasteiger partial charge in [0.1, 0.15) is 12.4 Å². The Morgan fingerprint density at radius 2 is 2.06 bits per heavy atom. The number of hydrogen-bond acceptors (Lipinski definition) is 3. The number of benzene rings is 1. The van der Waals surface area contributed by atoms with Crippen molar-refractivity contribution in [2.24, 2.45) is 0 Å². The molecule has 0 aliphatic rings. The van der Waals surface area contributed by atoms with E-state index in [1.54, 1.807) is 7.05 Å². The number of aromatic nitrogens is 3. The molecule has 0 aliphatic heterocycles. The van der Waals surface area contributed by atoms with E-state index < -0.39 is 0 Å². The minimum Gasteiger partial charge on any atom is -0.327 e. The van der Waals surface area contributed by atoms with Crippen LogP contribution in [0.15, 0.2) is 33.3 Å². The highest BCUT2D eigenvalue weighted by Crippen LogP contribution is 2.30. The molecule has 1 amide bonds. The second-order valence-electron chi connectivity index (χ2n) is 3.70. The molecule has 2 aromatic rings. The predicted molar refractivity (Wildman–Crippen MR) is 74.7 cm³/mol. The van der Waals surface area contributed by atoms with E-state index in [-0.39, 0.29) is 0 Å². The number of halogens is 2. The Kier molecular flexibility index (Phi) is 4.13. The van der Waals surface area contributed by atoms with Crippen LogP contribution in [0.5, 0.6) is 0 Å². The Labute approximate surface area is 121 Å². The van der Waals surface area contributed by atoms with Crippen molar-refractivity contribution < 1.29 is 4.79 Å². The van der Waals surface area contributed by atoms with Gasteiger partial charge >= 0.3 is 0 Å². The molecule has 0 fully saturated rings. The molecule has 18 heavy (non-hydrogen) atoms. The zero-order chi connectivity index (χ0) is 13.1. The Balaban J connectivity index is 2.35. The first-order valence-corrected chi connectivity index (χ1v) is 6.71. The molecule has 0 unspecified atom stereocenters. The summed E-state index contributed by atoms with van der Waals surface area (Å²) < 4.78 is 1.59. The van der Waals surface area contributed by atoms with Crippen molar-refractivity contribution in [3.05, 3.63) is 33.3 Å². The zero-order valence-corrected chi connectivity index (χ0v) is 12.7. The summed E-state index contributed by atoms with van der Waals surface area (Å²) in [5, 5.41) is 8.57. The van der Waals surface area contributed by atoms with Gasteiger partial charge in [-0.3, -0.25) is 4.79 Å². The lowest BCUT2D eigenvalue weighted by molar-refractivity contribution is -0.118. The molecule has 0 bridgehead atoms. The van der Waals surface area contributed by atoms with Gasteiger partial charge in [0.05, 0.1) is 0 Å². The molecule has 0 radical (unpaired) electrons. The Morgan fingerprint density at radius 3 is 2.72 bits per heavy atom. The van der Waals surface area contributed by atoms with Crippen LogP contribution >= 0.6 is 31.9 Å². The van der Waals surface area contributed by atoms with Crippen LogP contribution in [0.2, 0.25) is 0 Å². The van der Waals surface area contributed by atoms with Crippen LogP contribution in [0.4, 0.5) is 0 Å². The number of nitrogens with zero attached hydrogens (tertiary/aromatic N) is 4. The fourth-order valence-electron chi connectivity index (χ4n) is 1.44. The lowest BCUT2D eigenvalue weighted by atomic mass is 10.2. The van der Waals surface area contributed by atoms with Gasteiger partial charge in [-0.25, -0.2) is 0 Å². The summed E-state index contributed by atoms with van der Waals surface area (Å²) in [5.41, 5.74) is 1.69. The summed E-state index contributed by atoms with van der Waals surface area (Å²) in [5.74, 6) is 0. The van der Waals surface area contributed by atoms with Gasteiger partial charge in [0.15, 0.2) is 4.60 Å². The monoisotopic (exact) mass is 372 g/mol. The summed E-state index contributed by atoms with van der Waals surface area (Å²) in [6, 6.07) is 7.76. The predicted octanol–water partition coefficient (Wildman–Crippen LogP) is 2.52. The molecule has 7 heteroatoms. The Bertz CT molecular complexity index is 570. The minimum absolute atomic E-state index is 0.312. The second kappa shape index (κ2) is 5.62. The molecule has 1 aromatic carbocycles. The van der Waals surface area contributed by atoms with Crippen molar-refractivity contribution in [2.75, 3.05) is 7.05 Å². The molecule has 0 atom stereocenters. The van der Waals surface area contributed by atoms with E-state index in [0.29, 0.717) is 11.3 Å². The summed E-state index contributed by atoms with van der Waals surface area (Å²) >= 11 is 6.85. The van der Waals surface area contributed by atoms with E-state index in [2.05, 4.69) is 42.1 Å². The molecule has 0 saturated heterocycles. The highest BCUT2D eigenvalue weighted by molar-refractivity contribution is 9.11. The van der Waals surface area contributed by atoms with Crippen molar-refractivity contribution in [1.29, 1.82) is 0 Å². The van der Waals surface area contributed by atoms with Gasteiger partial charge in [-0.05, 0) is 22.0 Å².